The van der Waals surface area contributed by atoms with Gasteiger partial charge in [0.25, 0.3) is 0 Å². The van der Waals surface area contributed by atoms with Crippen LogP contribution in [0.3, 0.4) is 0 Å². The smallest absolute Gasteiger partial charge is 0.150 e. The van der Waals surface area contributed by atoms with Gasteiger partial charge in [0, 0.05) is 18.3 Å². The van der Waals surface area contributed by atoms with Crippen molar-refractivity contribution in [1.29, 1.82) is 0 Å². The molecule has 1 atom stereocenters. The molecule has 0 aromatic heterocycles. The van der Waals surface area contributed by atoms with Gasteiger partial charge in [-0.2, -0.15) is 0 Å². The molecule has 0 aromatic rings. The third-order valence-corrected chi connectivity index (χ3v) is 4.14. The van der Waals surface area contributed by atoms with E-state index < -0.39 is 52.6 Å². The Morgan fingerprint density at radius 3 is 1.70 bits per heavy atom. The molecule has 0 fully saturated rings. The fraction of sp³-hybridized carbons (Fsp3) is 1.00. The van der Waals surface area contributed by atoms with E-state index in [0.29, 0.717) is 0 Å². The van der Waals surface area contributed by atoms with Crippen molar-refractivity contribution >= 4 is 9.84 Å². The minimum Gasteiger partial charge on any atom is -0.394 e. The standard InChI is InChI=1S/C12H27NO6S/c1-11(2,3)13(12(7-14,8-15)9-16)5-10(17)6-20(4,18)19/h10,14-17H,5-9H2,1-4H3. The number of hydrogen-bond acceptors (Lipinski definition) is 7. The number of sulfone groups is 1. The molecular formula is C12H27NO6S. The highest BCUT2D eigenvalue weighted by Gasteiger charge is 2.42. The van der Waals surface area contributed by atoms with E-state index in [0.717, 1.165) is 6.26 Å². The third kappa shape index (κ3) is 5.63. The van der Waals surface area contributed by atoms with E-state index in [2.05, 4.69) is 0 Å². The second kappa shape index (κ2) is 7.15. The molecule has 0 spiro atoms. The van der Waals surface area contributed by atoms with Crippen molar-refractivity contribution in [3.63, 3.8) is 0 Å². The second-order valence-electron chi connectivity index (χ2n) is 6.23. The van der Waals surface area contributed by atoms with E-state index in [1.54, 1.807) is 20.8 Å². The Bertz CT molecular complexity index is 377. The quantitative estimate of drug-likeness (QED) is 0.418. The maximum absolute atomic E-state index is 11.2. The molecule has 0 amide bonds. The van der Waals surface area contributed by atoms with Crippen molar-refractivity contribution in [2.24, 2.45) is 0 Å². The molecule has 4 N–H and O–H groups in total. The van der Waals surface area contributed by atoms with E-state index in [4.69, 9.17) is 0 Å². The van der Waals surface area contributed by atoms with Gasteiger partial charge < -0.3 is 20.4 Å². The summed E-state index contributed by atoms with van der Waals surface area (Å²) >= 11 is 0. The molecule has 20 heavy (non-hydrogen) atoms. The monoisotopic (exact) mass is 313 g/mol. The van der Waals surface area contributed by atoms with Crippen molar-refractivity contribution in [3.8, 4) is 0 Å². The second-order valence-corrected chi connectivity index (χ2v) is 8.41. The molecule has 0 aliphatic carbocycles. The molecule has 8 heteroatoms. The molecule has 0 bridgehead atoms. The molecular weight excluding hydrogens is 286 g/mol. The Kier molecular flexibility index (Phi) is 7.06. The Morgan fingerprint density at radius 2 is 1.45 bits per heavy atom. The van der Waals surface area contributed by atoms with Crippen molar-refractivity contribution in [2.75, 3.05) is 38.4 Å². The van der Waals surface area contributed by atoms with Crippen LogP contribution < -0.4 is 0 Å². The van der Waals surface area contributed by atoms with Crippen molar-refractivity contribution in [2.45, 2.75) is 38.0 Å². The predicted molar refractivity (Wildman–Crippen MR) is 76.2 cm³/mol. The summed E-state index contributed by atoms with van der Waals surface area (Å²) in [6.45, 7) is 3.74. The van der Waals surface area contributed by atoms with Crippen LogP contribution in [-0.2, 0) is 9.84 Å². The summed E-state index contributed by atoms with van der Waals surface area (Å²) < 4.78 is 22.4. The highest BCUT2D eigenvalue weighted by atomic mass is 32.2. The van der Waals surface area contributed by atoms with Gasteiger partial charge in [0.15, 0.2) is 0 Å². The highest BCUT2D eigenvalue weighted by molar-refractivity contribution is 7.90. The zero-order valence-corrected chi connectivity index (χ0v) is 13.4. The first kappa shape index (κ1) is 19.8. The number of nitrogens with zero attached hydrogens (tertiary/aromatic N) is 1. The molecule has 0 saturated heterocycles. The Balaban J connectivity index is 5.29. The van der Waals surface area contributed by atoms with Crippen LogP contribution in [0.1, 0.15) is 20.8 Å². The lowest BCUT2D eigenvalue weighted by Gasteiger charge is -2.48. The molecule has 0 saturated carbocycles. The van der Waals surface area contributed by atoms with Gasteiger partial charge in [-0.05, 0) is 20.8 Å². The van der Waals surface area contributed by atoms with Gasteiger partial charge in [0.2, 0.25) is 0 Å². The molecule has 0 heterocycles. The largest absolute Gasteiger partial charge is 0.394 e. The zero-order valence-electron chi connectivity index (χ0n) is 12.6. The van der Waals surface area contributed by atoms with Gasteiger partial charge in [-0.25, -0.2) is 8.42 Å². The van der Waals surface area contributed by atoms with Crippen LogP contribution in [0.15, 0.2) is 0 Å². The minimum absolute atomic E-state index is 0.0851. The van der Waals surface area contributed by atoms with Crippen LogP contribution in [-0.4, -0.2) is 89.3 Å². The first-order valence-corrected chi connectivity index (χ1v) is 8.44. The first-order chi connectivity index (χ1) is 8.91. The van der Waals surface area contributed by atoms with Crippen LogP contribution in [0.25, 0.3) is 0 Å². The van der Waals surface area contributed by atoms with E-state index in [9.17, 15) is 28.8 Å². The summed E-state index contributed by atoms with van der Waals surface area (Å²) in [5.41, 5.74) is -1.91. The summed E-state index contributed by atoms with van der Waals surface area (Å²) in [6.07, 6.45) is -0.150. The lowest BCUT2D eigenvalue weighted by atomic mass is 9.92. The molecule has 122 valence electrons. The van der Waals surface area contributed by atoms with E-state index in [1.807, 2.05) is 0 Å². The summed E-state index contributed by atoms with van der Waals surface area (Å²) in [5, 5.41) is 38.4. The van der Waals surface area contributed by atoms with Crippen molar-refractivity contribution in [1.82, 2.24) is 4.90 Å². The van der Waals surface area contributed by atoms with Gasteiger partial charge in [-0.15, -0.1) is 0 Å². The van der Waals surface area contributed by atoms with E-state index >= 15 is 0 Å². The van der Waals surface area contributed by atoms with Gasteiger partial charge in [0.05, 0.1) is 37.2 Å². The molecule has 0 aliphatic rings. The molecule has 0 aliphatic heterocycles. The third-order valence-electron chi connectivity index (χ3n) is 3.15. The van der Waals surface area contributed by atoms with Gasteiger partial charge in [-0.1, -0.05) is 0 Å². The Morgan fingerprint density at radius 1 is 1.05 bits per heavy atom. The predicted octanol–water partition coefficient (Wildman–Crippen LogP) is -1.79. The fourth-order valence-corrected chi connectivity index (χ4v) is 3.00. The molecule has 1 unspecified atom stereocenters. The SMILES string of the molecule is CC(C)(C)N(CC(O)CS(C)(=O)=O)C(CO)(CO)CO. The molecule has 0 rings (SSSR count). The average molecular weight is 313 g/mol. The zero-order chi connectivity index (χ0) is 16.2. The van der Waals surface area contributed by atoms with Crippen LogP contribution in [0, 0.1) is 0 Å². The number of β-amino-alcohol motifs (C(OH)–C–C–N with tert-alkyl or cyclic N) is 1. The molecule has 0 aromatic carbocycles. The van der Waals surface area contributed by atoms with Crippen LogP contribution in [0.4, 0.5) is 0 Å². The lowest BCUT2D eigenvalue weighted by Crippen LogP contribution is -2.65. The van der Waals surface area contributed by atoms with E-state index in [1.165, 1.54) is 4.90 Å². The Labute approximate surface area is 120 Å². The van der Waals surface area contributed by atoms with Gasteiger partial charge in [-0.3, -0.25) is 4.90 Å². The fourth-order valence-electron chi connectivity index (χ4n) is 2.20. The summed E-state index contributed by atoms with van der Waals surface area (Å²) in [7, 11) is -3.34. The Hall–Kier alpha value is -0.250. The number of aliphatic hydroxyl groups excluding tert-OH is 4. The van der Waals surface area contributed by atoms with Gasteiger partial charge >= 0.3 is 0 Å². The van der Waals surface area contributed by atoms with Crippen molar-refractivity contribution < 1.29 is 28.8 Å². The number of aliphatic hydroxyl groups is 4. The summed E-state index contributed by atoms with van der Waals surface area (Å²) in [4.78, 5) is 1.54. The van der Waals surface area contributed by atoms with Crippen LogP contribution >= 0.6 is 0 Å². The van der Waals surface area contributed by atoms with Crippen LogP contribution in [0.5, 0.6) is 0 Å². The maximum Gasteiger partial charge on any atom is 0.150 e. The van der Waals surface area contributed by atoms with Crippen LogP contribution in [0.2, 0.25) is 0 Å². The van der Waals surface area contributed by atoms with Gasteiger partial charge in [0.1, 0.15) is 9.84 Å². The average Bonchev–Trinajstić information content (AvgIpc) is 2.27. The maximum atomic E-state index is 11.2. The summed E-state index contributed by atoms with van der Waals surface area (Å²) in [5.74, 6) is -0.419. The minimum atomic E-state index is -3.34. The number of hydrogen-bond donors (Lipinski definition) is 4. The molecule has 0 radical (unpaired) electrons. The topological polar surface area (TPSA) is 118 Å². The normalized spacial score (nSPS) is 15.7. The van der Waals surface area contributed by atoms with E-state index in [-0.39, 0.29) is 6.54 Å². The highest BCUT2D eigenvalue weighted by Crippen LogP contribution is 2.25. The number of rotatable bonds is 8. The van der Waals surface area contributed by atoms with Crippen molar-refractivity contribution in [3.05, 3.63) is 0 Å². The first-order valence-electron chi connectivity index (χ1n) is 6.38. The lowest BCUT2D eigenvalue weighted by molar-refractivity contribution is -0.100. The summed E-state index contributed by atoms with van der Waals surface area (Å²) in [6, 6.07) is 0. The molecule has 7 nitrogen and oxygen atoms in total.